The molecule has 0 saturated carbocycles. The van der Waals surface area contributed by atoms with Gasteiger partial charge in [-0.25, -0.2) is 4.98 Å². The summed E-state index contributed by atoms with van der Waals surface area (Å²) >= 11 is 0. The van der Waals surface area contributed by atoms with E-state index >= 15 is 0 Å². The molecule has 1 heterocycles. The van der Waals surface area contributed by atoms with Crippen molar-refractivity contribution in [2.24, 2.45) is 5.92 Å². The van der Waals surface area contributed by atoms with Gasteiger partial charge in [-0.15, -0.1) is 0 Å². The van der Waals surface area contributed by atoms with E-state index in [1.165, 1.54) is 0 Å². The highest BCUT2D eigenvalue weighted by atomic mass is 16.5. The van der Waals surface area contributed by atoms with Crippen molar-refractivity contribution in [2.75, 3.05) is 45.8 Å². The summed E-state index contributed by atoms with van der Waals surface area (Å²) < 4.78 is 4.98. The molecule has 0 aliphatic rings. The van der Waals surface area contributed by atoms with E-state index in [9.17, 15) is 4.79 Å². The molecule has 1 unspecified atom stereocenters. The van der Waals surface area contributed by atoms with Gasteiger partial charge in [0.1, 0.15) is 5.82 Å². The highest BCUT2D eigenvalue weighted by Crippen LogP contribution is 2.11. The van der Waals surface area contributed by atoms with E-state index in [-0.39, 0.29) is 11.8 Å². The van der Waals surface area contributed by atoms with Crippen molar-refractivity contribution in [2.45, 2.75) is 13.5 Å². The van der Waals surface area contributed by atoms with E-state index in [2.05, 4.69) is 15.6 Å². The first-order chi connectivity index (χ1) is 10.1. The molecular weight excluding hydrogens is 268 g/mol. The highest BCUT2D eigenvalue weighted by Gasteiger charge is 2.14. The van der Waals surface area contributed by atoms with Crippen LogP contribution in [-0.4, -0.2) is 51.8 Å². The minimum atomic E-state index is -0.0720. The first-order valence-electron chi connectivity index (χ1n) is 7.15. The smallest absolute Gasteiger partial charge is 0.224 e. The Morgan fingerprint density at radius 3 is 2.81 bits per heavy atom. The third kappa shape index (κ3) is 6.10. The van der Waals surface area contributed by atoms with Gasteiger partial charge in [0.2, 0.25) is 5.91 Å². The number of carbonyl (C=O) groups is 1. The summed E-state index contributed by atoms with van der Waals surface area (Å²) in [6.07, 6.45) is 1.86. The average molecular weight is 294 g/mol. The van der Waals surface area contributed by atoms with Crippen molar-refractivity contribution < 1.29 is 9.53 Å². The second-order valence-corrected chi connectivity index (χ2v) is 5.09. The first-order valence-corrected chi connectivity index (χ1v) is 7.15. The van der Waals surface area contributed by atoms with Crippen molar-refractivity contribution in [1.82, 2.24) is 15.6 Å². The van der Waals surface area contributed by atoms with Crippen LogP contribution < -0.4 is 15.5 Å². The zero-order valence-electron chi connectivity index (χ0n) is 13.3. The van der Waals surface area contributed by atoms with E-state index in [1.807, 2.05) is 37.2 Å². The molecule has 1 aromatic rings. The van der Waals surface area contributed by atoms with Crippen molar-refractivity contribution in [3.05, 3.63) is 23.9 Å². The minimum absolute atomic E-state index is 0.0424. The van der Waals surface area contributed by atoms with Gasteiger partial charge in [0, 0.05) is 47.0 Å². The predicted octanol–water partition coefficient (Wildman–Crippen LogP) is 0.636. The standard InChI is InChI=1S/C15H26N4O2/c1-12(15(20)16-2)11-19(3)14-6-5-13(10-18-14)9-17-7-8-21-4/h5-6,10,12,17H,7-9,11H2,1-4H3,(H,16,20). The van der Waals surface area contributed by atoms with Gasteiger partial charge >= 0.3 is 0 Å². The van der Waals surface area contributed by atoms with Crippen molar-refractivity contribution in [3.8, 4) is 0 Å². The van der Waals surface area contributed by atoms with Crippen LogP contribution in [0.2, 0.25) is 0 Å². The van der Waals surface area contributed by atoms with Gasteiger partial charge in [-0.3, -0.25) is 4.79 Å². The molecule has 0 bridgehead atoms. The summed E-state index contributed by atoms with van der Waals surface area (Å²) in [5.41, 5.74) is 1.13. The lowest BCUT2D eigenvalue weighted by Gasteiger charge is -2.21. The molecule has 1 aromatic heterocycles. The van der Waals surface area contributed by atoms with E-state index < -0.39 is 0 Å². The number of ether oxygens (including phenoxy) is 1. The summed E-state index contributed by atoms with van der Waals surface area (Å²) in [6, 6.07) is 4.02. The molecule has 0 fully saturated rings. The van der Waals surface area contributed by atoms with Crippen LogP contribution in [0, 0.1) is 5.92 Å². The third-order valence-electron chi connectivity index (χ3n) is 3.25. The Labute approximate surface area is 126 Å². The number of pyridine rings is 1. The van der Waals surface area contributed by atoms with Crippen LogP contribution in [0.15, 0.2) is 18.3 Å². The van der Waals surface area contributed by atoms with Gasteiger partial charge in [-0.05, 0) is 11.6 Å². The molecule has 0 radical (unpaired) electrons. The molecule has 0 aromatic carbocycles. The van der Waals surface area contributed by atoms with Gasteiger partial charge in [-0.2, -0.15) is 0 Å². The number of nitrogens with zero attached hydrogens (tertiary/aromatic N) is 2. The van der Waals surface area contributed by atoms with E-state index in [4.69, 9.17) is 4.74 Å². The molecular formula is C15H26N4O2. The largest absolute Gasteiger partial charge is 0.383 e. The van der Waals surface area contributed by atoms with E-state index in [0.717, 1.165) is 24.5 Å². The Balaban J connectivity index is 2.47. The molecule has 1 atom stereocenters. The molecule has 0 spiro atoms. The molecule has 0 aliphatic carbocycles. The Morgan fingerprint density at radius 1 is 1.48 bits per heavy atom. The number of carbonyl (C=O) groups excluding carboxylic acids is 1. The quantitative estimate of drug-likeness (QED) is 0.654. The van der Waals surface area contributed by atoms with Crippen LogP contribution in [0.25, 0.3) is 0 Å². The number of amides is 1. The topological polar surface area (TPSA) is 66.5 Å². The van der Waals surface area contributed by atoms with Crippen LogP contribution in [0.5, 0.6) is 0 Å². The average Bonchev–Trinajstić information content (AvgIpc) is 2.51. The second kappa shape index (κ2) is 9.31. The normalized spacial score (nSPS) is 12.0. The van der Waals surface area contributed by atoms with Gasteiger partial charge < -0.3 is 20.3 Å². The molecule has 0 aliphatic heterocycles. The summed E-state index contributed by atoms with van der Waals surface area (Å²) in [6.45, 7) is 4.84. The molecule has 6 heteroatoms. The minimum Gasteiger partial charge on any atom is -0.383 e. The molecule has 1 amide bonds. The lowest BCUT2D eigenvalue weighted by atomic mass is 10.1. The Morgan fingerprint density at radius 2 is 2.24 bits per heavy atom. The predicted molar refractivity (Wildman–Crippen MR) is 84.3 cm³/mol. The first kappa shape index (κ1) is 17.4. The number of hydrogen-bond donors (Lipinski definition) is 2. The molecule has 118 valence electrons. The zero-order chi connectivity index (χ0) is 15.7. The van der Waals surface area contributed by atoms with Crippen LogP contribution >= 0.6 is 0 Å². The fourth-order valence-corrected chi connectivity index (χ4v) is 1.99. The number of anilines is 1. The lowest BCUT2D eigenvalue weighted by Crippen LogP contribution is -2.34. The van der Waals surface area contributed by atoms with Crippen molar-refractivity contribution in [1.29, 1.82) is 0 Å². The maximum absolute atomic E-state index is 11.5. The SMILES string of the molecule is CNC(=O)C(C)CN(C)c1ccc(CNCCOC)cn1. The maximum Gasteiger partial charge on any atom is 0.224 e. The summed E-state index contributed by atoms with van der Waals surface area (Å²) in [5.74, 6) is 0.837. The summed E-state index contributed by atoms with van der Waals surface area (Å²) in [5, 5.41) is 5.93. The Bertz CT molecular complexity index is 422. The van der Waals surface area contributed by atoms with Gasteiger partial charge in [0.15, 0.2) is 0 Å². The van der Waals surface area contributed by atoms with Crippen molar-refractivity contribution >= 4 is 11.7 Å². The number of methoxy groups -OCH3 is 1. The molecule has 21 heavy (non-hydrogen) atoms. The van der Waals surface area contributed by atoms with Gasteiger partial charge in [0.05, 0.1) is 12.5 Å². The van der Waals surface area contributed by atoms with Gasteiger partial charge in [0.25, 0.3) is 0 Å². The molecule has 0 saturated heterocycles. The number of nitrogens with one attached hydrogen (secondary N) is 2. The van der Waals surface area contributed by atoms with Crippen LogP contribution in [0.4, 0.5) is 5.82 Å². The monoisotopic (exact) mass is 294 g/mol. The van der Waals surface area contributed by atoms with Gasteiger partial charge in [-0.1, -0.05) is 13.0 Å². The molecule has 1 rings (SSSR count). The summed E-state index contributed by atoms with van der Waals surface area (Å²) in [7, 11) is 5.29. The molecule has 2 N–H and O–H groups in total. The lowest BCUT2D eigenvalue weighted by molar-refractivity contribution is -0.123. The number of aromatic nitrogens is 1. The molecule has 6 nitrogen and oxygen atoms in total. The maximum atomic E-state index is 11.5. The van der Waals surface area contributed by atoms with Crippen molar-refractivity contribution in [3.63, 3.8) is 0 Å². The zero-order valence-corrected chi connectivity index (χ0v) is 13.3. The fraction of sp³-hybridized carbons (Fsp3) is 0.600. The Hall–Kier alpha value is -1.66. The fourth-order valence-electron chi connectivity index (χ4n) is 1.99. The van der Waals surface area contributed by atoms with Crippen LogP contribution in [0.1, 0.15) is 12.5 Å². The van der Waals surface area contributed by atoms with Crippen LogP contribution in [0.3, 0.4) is 0 Å². The number of hydrogen-bond acceptors (Lipinski definition) is 5. The second-order valence-electron chi connectivity index (χ2n) is 5.09. The Kier molecular flexibility index (Phi) is 7.71. The van der Waals surface area contributed by atoms with E-state index in [1.54, 1.807) is 14.2 Å². The third-order valence-corrected chi connectivity index (χ3v) is 3.25. The summed E-state index contributed by atoms with van der Waals surface area (Å²) in [4.78, 5) is 18.0. The van der Waals surface area contributed by atoms with Crippen LogP contribution in [-0.2, 0) is 16.1 Å². The van der Waals surface area contributed by atoms with E-state index in [0.29, 0.717) is 13.2 Å². The highest BCUT2D eigenvalue weighted by molar-refractivity contribution is 5.78. The number of rotatable bonds is 9.